The van der Waals surface area contributed by atoms with Crippen LogP contribution in [0.25, 0.3) is 0 Å². The fourth-order valence-electron chi connectivity index (χ4n) is 2.49. The normalized spacial score (nSPS) is 23.4. The summed E-state index contributed by atoms with van der Waals surface area (Å²) in [6.07, 6.45) is 3.38. The van der Waals surface area contributed by atoms with Crippen LogP contribution in [-0.4, -0.2) is 22.9 Å². The van der Waals surface area contributed by atoms with Crippen molar-refractivity contribution in [3.05, 3.63) is 11.8 Å². The summed E-state index contributed by atoms with van der Waals surface area (Å²) in [4.78, 5) is 11.7. The molecule has 1 aromatic heterocycles. The number of anilines is 1. The van der Waals surface area contributed by atoms with Gasteiger partial charge in [-0.1, -0.05) is 5.16 Å². The number of nitrogens with two attached hydrogens (primary N) is 1. The van der Waals surface area contributed by atoms with E-state index in [0.29, 0.717) is 11.7 Å². The molecule has 6 nitrogen and oxygen atoms in total. The second-order valence-corrected chi connectivity index (χ2v) is 6.35. The van der Waals surface area contributed by atoms with E-state index in [4.69, 9.17) is 15.0 Å². The van der Waals surface area contributed by atoms with Crippen LogP contribution in [0.3, 0.4) is 0 Å². The first-order valence-electron chi connectivity index (χ1n) is 7.05. The van der Waals surface area contributed by atoms with Crippen molar-refractivity contribution in [3.8, 4) is 0 Å². The lowest BCUT2D eigenvalue weighted by Crippen LogP contribution is -2.40. The molecule has 0 bridgehead atoms. The van der Waals surface area contributed by atoms with Crippen LogP contribution in [0.4, 0.5) is 10.6 Å². The van der Waals surface area contributed by atoms with E-state index in [1.165, 1.54) is 0 Å². The topological polar surface area (TPSA) is 90.4 Å². The van der Waals surface area contributed by atoms with Crippen molar-refractivity contribution in [1.82, 2.24) is 10.5 Å². The van der Waals surface area contributed by atoms with Gasteiger partial charge in [-0.2, -0.15) is 0 Å². The Morgan fingerprint density at radius 2 is 2.05 bits per heavy atom. The van der Waals surface area contributed by atoms with Gasteiger partial charge in [0, 0.05) is 18.0 Å². The van der Waals surface area contributed by atoms with Gasteiger partial charge in [-0.25, -0.2) is 4.79 Å². The van der Waals surface area contributed by atoms with Gasteiger partial charge in [0.1, 0.15) is 11.4 Å². The van der Waals surface area contributed by atoms with Crippen LogP contribution in [0.2, 0.25) is 0 Å². The van der Waals surface area contributed by atoms with Crippen molar-refractivity contribution in [2.75, 3.05) is 5.73 Å². The number of carbonyl (C=O) groups is 1. The Balaban J connectivity index is 1.78. The molecular formula is C14H23N3O3. The van der Waals surface area contributed by atoms with E-state index in [9.17, 15) is 4.79 Å². The maximum absolute atomic E-state index is 11.7. The minimum atomic E-state index is -0.460. The largest absolute Gasteiger partial charge is 0.444 e. The molecule has 1 aromatic rings. The van der Waals surface area contributed by atoms with Crippen LogP contribution in [0.5, 0.6) is 0 Å². The standard InChI is InChI=1S/C14H23N3O3/c1-14(2,3)19-13(18)16-10-6-4-9(5-7-10)11-8-12(15)17-20-11/h8-10H,4-7H2,1-3H3,(H2,15,17)(H,16,18). The maximum Gasteiger partial charge on any atom is 0.407 e. The van der Waals surface area contributed by atoms with Gasteiger partial charge in [0.2, 0.25) is 0 Å². The van der Waals surface area contributed by atoms with Crippen molar-refractivity contribution in [2.45, 2.75) is 64.0 Å². The number of nitrogens with one attached hydrogen (secondary N) is 1. The molecule has 1 saturated carbocycles. The van der Waals surface area contributed by atoms with Crippen LogP contribution in [0, 0.1) is 0 Å². The summed E-state index contributed by atoms with van der Waals surface area (Å²) in [5.41, 5.74) is 5.10. The monoisotopic (exact) mass is 281 g/mol. The highest BCUT2D eigenvalue weighted by Crippen LogP contribution is 2.33. The van der Waals surface area contributed by atoms with Gasteiger partial charge in [0.25, 0.3) is 0 Å². The van der Waals surface area contributed by atoms with Gasteiger partial charge in [-0.3, -0.25) is 0 Å². The van der Waals surface area contributed by atoms with Gasteiger partial charge in [0.05, 0.1) is 0 Å². The number of hydrogen-bond acceptors (Lipinski definition) is 5. The number of aromatic nitrogens is 1. The van der Waals surface area contributed by atoms with Gasteiger partial charge in [0.15, 0.2) is 5.82 Å². The Morgan fingerprint density at radius 1 is 1.40 bits per heavy atom. The number of alkyl carbamates (subject to hydrolysis) is 1. The lowest BCUT2D eigenvalue weighted by Gasteiger charge is -2.28. The minimum Gasteiger partial charge on any atom is -0.444 e. The molecule has 1 aliphatic rings. The first-order chi connectivity index (χ1) is 9.33. The zero-order valence-corrected chi connectivity index (χ0v) is 12.3. The van der Waals surface area contributed by atoms with Crippen LogP contribution in [-0.2, 0) is 4.74 Å². The molecule has 1 fully saturated rings. The molecule has 1 heterocycles. The van der Waals surface area contributed by atoms with Crippen LogP contribution in [0.15, 0.2) is 10.6 Å². The maximum atomic E-state index is 11.7. The number of nitrogens with zero attached hydrogens (tertiary/aromatic N) is 1. The average Bonchev–Trinajstić information content (AvgIpc) is 2.74. The lowest BCUT2D eigenvalue weighted by molar-refractivity contribution is 0.0490. The van der Waals surface area contributed by atoms with Crippen molar-refractivity contribution in [1.29, 1.82) is 0 Å². The molecule has 0 saturated heterocycles. The minimum absolute atomic E-state index is 0.168. The van der Waals surface area contributed by atoms with Crippen molar-refractivity contribution >= 4 is 11.9 Å². The first kappa shape index (κ1) is 14.7. The highest BCUT2D eigenvalue weighted by atomic mass is 16.6. The second-order valence-electron chi connectivity index (χ2n) is 6.35. The molecule has 20 heavy (non-hydrogen) atoms. The molecule has 0 atom stereocenters. The number of carbonyl (C=O) groups excluding carboxylic acids is 1. The molecule has 1 amide bonds. The van der Waals surface area contributed by atoms with Crippen molar-refractivity contribution < 1.29 is 14.1 Å². The average molecular weight is 281 g/mol. The summed E-state index contributed by atoms with van der Waals surface area (Å²) in [5.74, 6) is 1.61. The SMILES string of the molecule is CC(C)(C)OC(=O)NC1CCC(c2cc(N)no2)CC1. The molecule has 0 unspecified atom stereocenters. The predicted octanol–water partition coefficient (Wildman–Crippen LogP) is 2.81. The molecule has 0 aliphatic heterocycles. The van der Waals surface area contributed by atoms with E-state index in [0.717, 1.165) is 31.4 Å². The van der Waals surface area contributed by atoms with Crippen molar-refractivity contribution in [2.24, 2.45) is 0 Å². The second kappa shape index (κ2) is 5.73. The van der Waals surface area contributed by atoms with Crippen LogP contribution >= 0.6 is 0 Å². The number of nitrogen functional groups attached to an aromatic ring is 1. The third-order valence-corrected chi connectivity index (χ3v) is 3.40. The smallest absolute Gasteiger partial charge is 0.407 e. The van der Waals surface area contributed by atoms with Gasteiger partial charge < -0.3 is 20.3 Å². The third-order valence-electron chi connectivity index (χ3n) is 3.40. The summed E-state index contributed by atoms with van der Waals surface area (Å²) in [6.45, 7) is 5.58. The Kier molecular flexibility index (Phi) is 4.20. The summed E-state index contributed by atoms with van der Waals surface area (Å²) >= 11 is 0. The summed E-state index contributed by atoms with van der Waals surface area (Å²) in [7, 11) is 0. The Hall–Kier alpha value is -1.72. The Labute approximate surface area is 119 Å². The number of rotatable bonds is 2. The van der Waals surface area contributed by atoms with Gasteiger partial charge in [-0.15, -0.1) is 0 Å². The third kappa shape index (κ3) is 4.15. The Bertz CT molecular complexity index is 456. The van der Waals surface area contributed by atoms with E-state index < -0.39 is 5.60 Å². The summed E-state index contributed by atoms with van der Waals surface area (Å²) in [6, 6.07) is 1.95. The number of ether oxygens (including phenoxy) is 1. The summed E-state index contributed by atoms with van der Waals surface area (Å²) < 4.78 is 10.5. The summed E-state index contributed by atoms with van der Waals surface area (Å²) in [5, 5.41) is 6.63. The van der Waals surface area contributed by atoms with Gasteiger partial charge >= 0.3 is 6.09 Å². The zero-order chi connectivity index (χ0) is 14.8. The predicted molar refractivity (Wildman–Crippen MR) is 75.3 cm³/mol. The molecule has 0 aromatic carbocycles. The molecule has 3 N–H and O–H groups in total. The first-order valence-corrected chi connectivity index (χ1v) is 7.05. The molecule has 1 aliphatic carbocycles. The lowest BCUT2D eigenvalue weighted by atomic mass is 9.84. The van der Waals surface area contributed by atoms with E-state index in [1.54, 1.807) is 6.07 Å². The molecule has 112 valence electrons. The van der Waals surface area contributed by atoms with E-state index in [-0.39, 0.29) is 12.1 Å². The van der Waals surface area contributed by atoms with Crippen LogP contribution < -0.4 is 11.1 Å². The number of hydrogen-bond donors (Lipinski definition) is 2. The quantitative estimate of drug-likeness (QED) is 0.869. The number of amides is 1. The van der Waals surface area contributed by atoms with E-state index in [1.807, 2.05) is 20.8 Å². The molecular weight excluding hydrogens is 258 g/mol. The molecule has 0 spiro atoms. The highest BCUT2D eigenvalue weighted by molar-refractivity contribution is 5.68. The molecule has 6 heteroatoms. The molecule has 2 rings (SSSR count). The van der Waals surface area contributed by atoms with Crippen LogP contribution in [0.1, 0.15) is 58.1 Å². The fraction of sp³-hybridized carbons (Fsp3) is 0.714. The zero-order valence-electron chi connectivity index (χ0n) is 12.3. The van der Waals surface area contributed by atoms with E-state index >= 15 is 0 Å². The Morgan fingerprint density at radius 3 is 2.55 bits per heavy atom. The fourth-order valence-corrected chi connectivity index (χ4v) is 2.49. The van der Waals surface area contributed by atoms with Crippen molar-refractivity contribution in [3.63, 3.8) is 0 Å². The van der Waals surface area contributed by atoms with E-state index in [2.05, 4.69) is 10.5 Å². The van der Waals surface area contributed by atoms with Gasteiger partial charge in [-0.05, 0) is 46.5 Å². The molecule has 0 radical (unpaired) electrons. The highest BCUT2D eigenvalue weighted by Gasteiger charge is 2.27.